The Hall–Kier alpha value is -2.62. The lowest BCUT2D eigenvalue weighted by molar-refractivity contribution is 0.384. The number of hydrogen-bond acceptors (Lipinski definition) is 7. The Balaban J connectivity index is 1.31. The Kier molecular flexibility index (Phi) is 6.39. The van der Waals surface area contributed by atoms with Gasteiger partial charge in [-0.15, -0.1) is 11.3 Å². The van der Waals surface area contributed by atoms with Crippen LogP contribution in [0, 0.1) is 0 Å². The van der Waals surface area contributed by atoms with Crippen LogP contribution in [-0.4, -0.2) is 53.9 Å². The number of aromatic nitrogens is 3. The fourth-order valence-corrected chi connectivity index (χ4v) is 8.28. The number of hydrogen-bond donors (Lipinski definition) is 0. The average Bonchev–Trinajstić information content (AvgIpc) is 3.29. The third-order valence-corrected chi connectivity index (χ3v) is 10.5. The minimum absolute atomic E-state index is 0.284. The Morgan fingerprint density at radius 2 is 1.81 bits per heavy atom. The van der Waals surface area contributed by atoms with E-state index in [2.05, 4.69) is 16.8 Å². The van der Waals surface area contributed by atoms with Crippen LogP contribution >= 0.6 is 11.3 Å². The topological polar surface area (TPSA) is 79.3 Å². The van der Waals surface area contributed by atoms with Gasteiger partial charge in [-0.1, -0.05) is 31.5 Å². The number of para-hydroxylation sites is 1. The maximum absolute atomic E-state index is 13.6. The Morgan fingerprint density at radius 3 is 2.64 bits per heavy atom. The van der Waals surface area contributed by atoms with E-state index < -0.39 is 10.0 Å². The van der Waals surface area contributed by atoms with Crippen molar-refractivity contribution >= 4 is 48.3 Å². The molecule has 36 heavy (non-hydrogen) atoms. The van der Waals surface area contributed by atoms with Gasteiger partial charge in [-0.25, -0.2) is 18.4 Å². The second-order valence-corrected chi connectivity index (χ2v) is 12.7. The first kappa shape index (κ1) is 23.8. The first-order chi connectivity index (χ1) is 17.6. The Morgan fingerprint density at radius 1 is 1.00 bits per heavy atom. The van der Waals surface area contributed by atoms with Gasteiger partial charge in [0.05, 0.1) is 10.9 Å². The molecule has 3 aromatic heterocycles. The standard InChI is InChI=1S/C27H31N5O2S2/c1-2-3-13-23-29-26(24-20-10-4-5-11-21(20)35-27(24)30-23)31-15-17-32(18-16-31)36(33,34)22-12-6-8-19-9-7-14-28-25(19)22/h6-9,12,14H,2-5,10-11,13,15-18H2,1H3. The van der Waals surface area contributed by atoms with Crippen molar-refractivity contribution in [2.24, 2.45) is 0 Å². The van der Waals surface area contributed by atoms with Gasteiger partial charge in [-0.05, 0) is 49.8 Å². The number of sulfonamides is 1. The zero-order valence-corrected chi connectivity index (χ0v) is 22.2. The molecule has 1 aliphatic heterocycles. The van der Waals surface area contributed by atoms with Gasteiger partial charge in [0.15, 0.2) is 0 Å². The monoisotopic (exact) mass is 521 g/mol. The zero-order valence-electron chi connectivity index (χ0n) is 20.6. The number of piperazine rings is 1. The molecule has 0 spiro atoms. The number of thiophene rings is 1. The number of unbranched alkanes of at least 4 members (excludes halogenated alkanes) is 1. The molecule has 4 aromatic rings. The van der Waals surface area contributed by atoms with Crippen molar-refractivity contribution < 1.29 is 8.42 Å². The molecule has 4 heterocycles. The molecule has 0 amide bonds. The summed E-state index contributed by atoms with van der Waals surface area (Å²) in [5, 5.41) is 2.05. The third-order valence-electron chi connectivity index (χ3n) is 7.35. The van der Waals surface area contributed by atoms with Crippen molar-refractivity contribution in [2.75, 3.05) is 31.1 Å². The molecule has 1 saturated heterocycles. The number of nitrogens with zero attached hydrogens (tertiary/aromatic N) is 5. The number of rotatable bonds is 6. The normalized spacial score (nSPS) is 17.1. The van der Waals surface area contributed by atoms with Gasteiger partial charge in [0.25, 0.3) is 0 Å². The SMILES string of the molecule is CCCCc1nc(N2CCN(S(=O)(=O)c3cccc4cccnc34)CC2)c2c3c(sc2n1)CCCC3. The van der Waals surface area contributed by atoms with Crippen LogP contribution in [0.4, 0.5) is 5.82 Å². The first-order valence-corrected chi connectivity index (χ1v) is 15.2. The van der Waals surface area contributed by atoms with E-state index in [0.29, 0.717) is 31.7 Å². The van der Waals surface area contributed by atoms with Gasteiger partial charge >= 0.3 is 0 Å². The third kappa shape index (κ3) is 4.17. The summed E-state index contributed by atoms with van der Waals surface area (Å²) in [6.45, 7) is 4.26. The van der Waals surface area contributed by atoms with Gasteiger partial charge in [-0.3, -0.25) is 4.98 Å². The van der Waals surface area contributed by atoms with Crippen molar-refractivity contribution in [3.63, 3.8) is 0 Å². The van der Waals surface area contributed by atoms with Crippen LogP contribution in [0.3, 0.4) is 0 Å². The van der Waals surface area contributed by atoms with Gasteiger partial charge in [0, 0.05) is 49.1 Å². The predicted octanol–water partition coefficient (Wildman–Crippen LogP) is 4.97. The molecular weight excluding hydrogens is 490 g/mol. The molecule has 0 radical (unpaired) electrons. The largest absolute Gasteiger partial charge is 0.353 e. The summed E-state index contributed by atoms with van der Waals surface area (Å²) >= 11 is 1.84. The lowest BCUT2D eigenvalue weighted by Gasteiger charge is -2.35. The molecule has 0 saturated carbocycles. The Labute approximate surface area is 216 Å². The number of pyridine rings is 1. The summed E-state index contributed by atoms with van der Waals surface area (Å²) in [6.07, 6.45) is 9.37. The van der Waals surface area contributed by atoms with Gasteiger partial charge in [0.2, 0.25) is 10.0 Å². The van der Waals surface area contributed by atoms with E-state index in [1.165, 1.54) is 28.7 Å². The summed E-state index contributed by atoms with van der Waals surface area (Å²) in [4.78, 5) is 19.6. The maximum Gasteiger partial charge on any atom is 0.245 e. The summed E-state index contributed by atoms with van der Waals surface area (Å²) in [6, 6.07) is 9.09. The molecule has 1 aliphatic carbocycles. The molecule has 0 N–H and O–H groups in total. The van der Waals surface area contributed by atoms with E-state index >= 15 is 0 Å². The molecule has 0 unspecified atom stereocenters. The molecule has 0 atom stereocenters. The van der Waals surface area contributed by atoms with Crippen molar-refractivity contribution in [3.05, 3.63) is 52.8 Å². The number of benzene rings is 1. The van der Waals surface area contributed by atoms with E-state index in [0.717, 1.165) is 54.0 Å². The van der Waals surface area contributed by atoms with E-state index in [-0.39, 0.29) is 4.90 Å². The lowest BCUT2D eigenvalue weighted by atomic mass is 9.97. The van der Waals surface area contributed by atoms with Crippen LogP contribution in [0.15, 0.2) is 41.4 Å². The van der Waals surface area contributed by atoms with Crippen molar-refractivity contribution in [1.82, 2.24) is 19.3 Å². The minimum Gasteiger partial charge on any atom is -0.353 e. The smallest absolute Gasteiger partial charge is 0.245 e. The number of aryl methyl sites for hydroxylation is 3. The number of anilines is 1. The lowest BCUT2D eigenvalue weighted by Crippen LogP contribution is -2.49. The quantitative estimate of drug-likeness (QED) is 0.356. The molecule has 1 fully saturated rings. The molecule has 2 aliphatic rings. The fraction of sp³-hybridized carbons (Fsp3) is 0.444. The van der Waals surface area contributed by atoms with Gasteiger partial charge in [-0.2, -0.15) is 4.31 Å². The van der Waals surface area contributed by atoms with Crippen LogP contribution in [0.5, 0.6) is 0 Å². The highest BCUT2D eigenvalue weighted by Crippen LogP contribution is 2.40. The van der Waals surface area contributed by atoms with E-state index in [1.54, 1.807) is 22.6 Å². The van der Waals surface area contributed by atoms with Crippen LogP contribution < -0.4 is 4.90 Å². The van der Waals surface area contributed by atoms with Gasteiger partial charge in [0.1, 0.15) is 21.4 Å². The average molecular weight is 522 g/mol. The van der Waals surface area contributed by atoms with Crippen molar-refractivity contribution in [1.29, 1.82) is 0 Å². The van der Waals surface area contributed by atoms with Crippen LogP contribution in [-0.2, 0) is 29.3 Å². The van der Waals surface area contributed by atoms with Crippen molar-refractivity contribution in [3.8, 4) is 0 Å². The Bertz CT molecular complexity index is 1520. The number of fused-ring (bicyclic) bond motifs is 4. The van der Waals surface area contributed by atoms with E-state index in [1.807, 2.05) is 29.5 Å². The summed E-state index contributed by atoms with van der Waals surface area (Å²) in [5.41, 5.74) is 1.96. The van der Waals surface area contributed by atoms with Crippen molar-refractivity contribution in [2.45, 2.75) is 56.8 Å². The summed E-state index contributed by atoms with van der Waals surface area (Å²) in [5.74, 6) is 1.92. The second-order valence-electron chi connectivity index (χ2n) is 9.68. The predicted molar refractivity (Wildman–Crippen MR) is 145 cm³/mol. The highest BCUT2D eigenvalue weighted by molar-refractivity contribution is 7.89. The summed E-state index contributed by atoms with van der Waals surface area (Å²) < 4.78 is 28.8. The first-order valence-electron chi connectivity index (χ1n) is 13.0. The molecule has 9 heteroatoms. The maximum atomic E-state index is 13.6. The molecule has 0 bridgehead atoms. The molecule has 1 aromatic carbocycles. The minimum atomic E-state index is -3.65. The van der Waals surface area contributed by atoms with Crippen LogP contribution in [0.1, 0.15) is 48.9 Å². The molecular formula is C27H31N5O2S2. The molecule has 7 nitrogen and oxygen atoms in total. The highest BCUT2D eigenvalue weighted by Gasteiger charge is 2.32. The highest BCUT2D eigenvalue weighted by atomic mass is 32.2. The zero-order chi connectivity index (χ0) is 24.7. The second kappa shape index (κ2) is 9.68. The molecule has 6 rings (SSSR count). The van der Waals surface area contributed by atoms with Gasteiger partial charge < -0.3 is 4.90 Å². The molecule has 188 valence electrons. The van der Waals surface area contributed by atoms with Crippen LogP contribution in [0.2, 0.25) is 0 Å². The fourth-order valence-electron chi connectivity index (χ4n) is 5.42. The van der Waals surface area contributed by atoms with E-state index in [9.17, 15) is 8.42 Å². The van der Waals surface area contributed by atoms with Crippen LogP contribution in [0.25, 0.3) is 21.1 Å². The van der Waals surface area contributed by atoms with E-state index in [4.69, 9.17) is 9.97 Å². The summed E-state index contributed by atoms with van der Waals surface area (Å²) in [7, 11) is -3.65.